The van der Waals surface area contributed by atoms with Crippen LogP contribution in [0.5, 0.6) is 0 Å². The Bertz CT molecular complexity index is 856. The van der Waals surface area contributed by atoms with E-state index < -0.39 is 5.97 Å². The van der Waals surface area contributed by atoms with Gasteiger partial charge in [-0.15, -0.1) is 0 Å². The third-order valence-electron chi connectivity index (χ3n) is 4.37. The largest absolute Gasteiger partial charge is 0.478 e. The Hall–Kier alpha value is -2.37. The van der Waals surface area contributed by atoms with Crippen molar-refractivity contribution in [1.82, 2.24) is 5.32 Å². The zero-order chi connectivity index (χ0) is 21.6. The van der Waals surface area contributed by atoms with Crippen molar-refractivity contribution < 1.29 is 19.4 Å². The van der Waals surface area contributed by atoms with Gasteiger partial charge in [0, 0.05) is 10.6 Å². The second kappa shape index (κ2) is 9.90. The van der Waals surface area contributed by atoms with Crippen molar-refractivity contribution in [2.45, 2.75) is 40.2 Å². The van der Waals surface area contributed by atoms with Crippen LogP contribution in [0.1, 0.15) is 65.6 Å². The van der Waals surface area contributed by atoms with E-state index in [1.165, 1.54) is 12.1 Å². The van der Waals surface area contributed by atoms with Crippen LogP contribution in [0.4, 0.5) is 0 Å². The fourth-order valence-corrected chi connectivity index (χ4v) is 2.98. The third kappa shape index (κ3) is 7.18. The Morgan fingerprint density at radius 1 is 1.14 bits per heavy atom. The molecule has 0 saturated heterocycles. The minimum Gasteiger partial charge on any atom is -0.478 e. The van der Waals surface area contributed by atoms with Gasteiger partial charge in [0.05, 0.1) is 24.8 Å². The number of nitrogens with one attached hydrogen (secondary N) is 1. The van der Waals surface area contributed by atoms with Crippen LogP contribution in [0.2, 0.25) is 5.02 Å². The smallest absolute Gasteiger partial charge is 0.335 e. The number of carbonyl (C=O) groups excluding carboxylic acids is 1. The van der Waals surface area contributed by atoms with Gasteiger partial charge in [-0.2, -0.15) is 0 Å². The molecule has 2 aromatic rings. The van der Waals surface area contributed by atoms with Crippen molar-refractivity contribution in [1.29, 1.82) is 0 Å². The predicted octanol–water partition coefficient (Wildman–Crippen LogP) is 5.13. The summed E-state index contributed by atoms with van der Waals surface area (Å²) in [4.78, 5) is 23.8. The number of halogens is 1. The van der Waals surface area contributed by atoms with E-state index in [1.54, 1.807) is 24.3 Å². The molecule has 156 valence electrons. The van der Waals surface area contributed by atoms with Gasteiger partial charge in [0.25, 0.3) is 5.91 Å². The number of hydrogen-bond acceptors (Lipinski definition) is 3. The topological polar surface area (TPSA) is 75.6 Å². The lowest BCUT2D eigenvalue weighted by Crippen LogP contribution is -2.28. The number of rotatable bonds is 8. The maximum Gasteiger partial charge on any atom is 0.335 e. The van der Waals surface area contributed by atoms with Crippen LogP contribution in [0.15, 0.2) is 42.5 Å². The molecular weight excluding hydrogens is 390 g/mol. The minimum absolute atomic E-state index is 0.0891. The maximum atomic E-state index is 12.9. The second-order valence-corrected chi connectivity index (χ2v) is 8.72. The molecule has 0 aromatic heterocycles. The fraction of sp³-hybridized carbons (Fsp3) is 0.391. The molecule has 0 aliphatic heterocycles. The van der Waals surface area contributed by atoms with Crippen molar-refractivity contribution in [2.24, 2.45) is 5.41 Å². The predicted molar refractivity (Wildman–Crippen MR) is 115 cm³/mol. The van der Waals surface area contributed by atoms with Gasteiger partial charge in [-0.1, -0.05) is 50.6 Å². The molecule has 1 atom stereocenters. The van der Waals surface area contributed by atoms with Crippen molar-refractivity contribution in [3.8, 4) is 0 Å². The lowest BCUT2D eigenvalue weighted by atomic mass is 9.98. The van der Waals surface area contributed by atoms with Gasteiger partial charge in [-0.05, 0) is 54.2 Å². The molecule has 29 heavy (non-hydrogen) atoms. The SMILES string of the molecule is C[C@H](NC(=O)c1cc(Cl)ccc1CCOCC(C)(C)C)c1ccc(C(=O)O)cc1. The van der Waals surface area contributed by atoms with Crippen LogP contribution in [0.3, 0.4) is 0 Å². The molecule has 0 aliphatic carbocycles. The normalized spacial score (nSPS) is 12.4. The highest BCUT2D eigenvalue weighted by Crippen LogP contribution is 2.20. The van der Waals surface area contributed by atoms with Gasteiger partial charge in [-0.25, -0.2) is 4.79 Å². The molecule has 0 spiro atoms. The number of carbonyl (C=O) groups is 2. The van der Waals surface area contributed by atoms with Crippen LogP contribution < -0.4 is 5.32 Å². The molecule has 2 rings (SSSR count). The van der Waals surface area contributed by atoms with E-state index in [9.17, 15) is 9.59 Å². The standard InChI is InChI=1S/C23H28ClNO4/c1-15(16-5-7-18(8-6-16)22(27)28)25-21(26)20-13-19(24)10-9-17(20)11-12-29-14-23(2,3)4/h5-10,13,15H,11-12,14H2,1-4H3,(H,25,26)(H,27,28)/t15-/m0/s1. The van der Waals surface area contributed by atoms with E-state index in [2.05, 4.69) is 26.1 Å². The first-order chi connectivity index (χ1) is 13.6. The summed E-state index contributed by atoms with van der Waals surface area (Å²) in [6.07, 6.45) is 0.609. The number of benzene rings is 2. The second-order valence-electron chi connectivity index (χ2n) is 8.29. The Balaban J connectivity index is 2.06. The summed E-state index contributed by atoms with van der Waals surface area (Å²) in [5.74, 6) is -1.21. The first-order valence-electron chi connectivity index (χ1n) is 9.57. The van der Waals surface area contributed by atoms with Gasteiger partial charge in [-0.3, -0.25) is 4.79 Å². The van der Waals surface area contributed by atoms with Crippen LogP contribution in [0.25, 0.3) is 0 Å². The van der Waals surface area contributed by atoms with E-state index in [4.69, 9.17) is 21.4 Å². The molecule has 5 nitrogen and oxygen atoms in total. The Morgan fingerprint density at radius 2 is 1.79 bits per heavy atom. The van der Waals surface area contributed by atoms with Crippen LogP contribution in [-0.2, 0) is 11.2 Å². The summed E-state index contributed by atoms with van der Waals surface area (Å²) >= 11 is 6.12. The molecule has 2 aromatic carbocycles. The van der Waals surface area contributed by atoms with Crippen LogP contribution in [0, 0.1) is 5.41 Å². The number of amides is 1. The molecule has 0 bridgehead atoms. The lowest BCUT2D eigenvalue weighted by molar-refractivity contribution is 0.0696. The summed E-state index contributed by atoms with van der Waals surface area (Å²) in [6.45, 7) is 9.34. The van der Waals surface area contributed by atoms with Gasteiger partial charge in [0.1, 0.15) is 0 Å². The summed E-state index contributed by atoms with van der Waals surface area (Å²) < 4.78 is 5.74. The summed E-state index contributed by atoms with van der Waals surface area (Å²) in [6, 6.07) is 11.5. The number of hydrogen-bond donors (Lipinski definition) is 2. The fourth-order valence-electron chi connectivity index (χ4n) is 2.81. The monoisotopic (exact) mass is 417 g/mol. The van der Waals surface area contributed by atoms with Crippen molar-refractivity contribution in [3.63, 3.8) is 0 Å². The number of carboxylic acid groups (broad SMARTS) is 1. The zero-order valence-electron chi connectivity index (χ0n) is 17.3. The van der Waals surface area contributed by atoms with Crippen LogP contribution >= 0.6 is 11.6 Å². The highest BCUT2D eigenvalue weighted by atomic mass is 35.5. The molecular formula is C23H28ClNO4. The molecule has 0 unspecified atom stereocenters. The van der Waals surface area contributed by atoms with Crippen LogP contribution in [-0.4, -0.2) is 30.2 Å². The Kier molecular flexibility index (Phi) is 7.82. The van der Waals surface area contributed by atoms with Gasteiger partial charge in [0.2, 0.25) is 0 Å². The van der Waals surface area contributed by atoms with E-state index in [1.807, 2.05) is 13.0 Å². The van der Waals surface area contributed by atoms with Gasteiger partial charge < -0.3 is 15.2 Å². The van der Waals surface area contributed by atoms with Crippen molar-refractivity contribution >= 4 is 23.5 Å². The van der Waals surface area contributed by atoms with E-state index in [-0.39, 0.29) is 22.9 Å². The number of ether oxygens (including phenoxy) is 1. The zero-order valence-corrected chi connectivity index (χ0v) is 18.0. The average molecular weight is 418 g/mol. The molecule has 2 N–H and O–H groups in total. The molecule has 0 heterocycles. The van der Waals surface area contributed by atoms with Crippen molar-refractivity contribution in [3.05, 3.63) is 69.7 Å². The highest BCUT2D eigenvalue weighted by molar-refractivity contribution is 6.31. The third-order valence-corrected chi connectivity index (χ3v) is 4.61. The lowest BCUT2D eigenvalue weighted by Gasteiger charge is -2.19. The first-order valence-corrected chi connectivity index (χ1v) is 9.95. The summed E-state index contributed by atoms with van der Waals surface area (Å²) in [5, 5.41) is 12.5. The summed E-state index contributed by atoms with van der Waals surface area (Å²) in [5.41, 5.74) is 2.51. The Labute approximate surface area is 177 Å². The van der Waals surface area contributed by atoms with Gasteiger partial charge >= 0.3 is 5.97 Å². The molecule has 0 saturated carbocycles. The van der Waals surface area contributed by atoms with Gasteiger partial charge in [0.15, 0.2) is 0 Å². The minimum atomic E-state index is -0.981. The molecule has 1 amide bonds. The number of carboxylic acids is 1. The quantitative estimate of drug-likeness (QED) is 0.583. The Morgan fingerprint density at radius 3 is 2.38 bits per heavy atom. The molecule has 6 heteroatoms. The molecule has 0 aliphatic rings. The molecule has 0 fully saturated rings. The van der Waals surface area contributed by atoms with E-state index in [0.29, 0.717) is 30.2 Å². The highest BCUT2D eigenvalue weighted by Gasteiger charge is 2.17. The average Bonchev–Trinajstić information content (AvgIpc) is 2.65. The van der Waals surface area contributed by atoms with Crippen molar-refractivity contribution in [2.75, 3.05) is 13.2 Å². The number of aromatic carboxylic acids is 1. The summed E-state index contributed by atoms with van der Waals surface area (Å²) in [7, 11) is 0. The van der Waals surface area contributed by atoms with E-state index in [0.717, 1.165) is 11.1 Å². The maximum absolute atomic E-state index is 12.9. The molecule has 0 radical (unpaired) electrons. The van der Waals surface area contributed by atoms with E-state index >= 15 is 0 Å². The first kappa shape index (κ1) is 22.9.